The molecule has 0 aliphatic carbocycles. The molecule has 0 aliphatic rings. The van der Waals surface area contributed by atoms with Gasteiger partial charge in [0.25, 0.3) is 0 Å². The Hall–Kier alpha value is 2.98. The van der Waals surface area contributed by atoms with E-state index in [0.29, 0.717) is 0 Å². The minimum Gasteiger partial charge on any atom is -1.00 e. The predicted molar refractivity (Wildman–Crippen MR) is 11.5 cm³/mol. The van der Waals surface area contributed by atoms with E-state index in [1.54, 1.807) is 0 Å². The van der Waals surface area contributed by atoms with E-state index >= 15 is 0 Å². The molecular weight excluding hydrogens is 199 g/mol. The molecule has 0 atom stereocenters. The largest absolute Gasteiger partial charge is 2.00 e. The van der Waals surface area contributed by atoms with Crippen LogP contribution in [-0.2, 0) is 0 Å². The molecule has 0 aromatic rings. The van der Waals surface area contributed by atoms with Gasteiger partial charge in [0.2, 0.25) is 0 Å². The molecular formula is Ca2Cl2O3+2. The molecule has 0 radical (unpaired) electrons. The van der Waals surface area contributed by atoms with Gasteiger partial charge in [0.15, 0.2) is 0 Å². The fraction of sp³-hybridized carbons (Fsp3) is 0. The molecule has 0 saturated heterocycles. The average Bonchev–Trinajstić information content (AvgIpc) is 0.811. The van der Waals surface area contributed by atoms with Crippen molar-refractivity contribution in [1.82, 2.24) is 0 Å². The Labute approximate surface area is 110 Å². The first-order chi connectivity index (χ1) is 1.73. The maximum absolute atomic E-state index is 8.41. The van der Waals surface area contributed by atoms with Crippen molar-refractivity contribution in [3.05, 3.63) is 0 Å². The van der Waals surface area contributed by atoms with Crippen molar-refractivity contribution in [2.75, 3.05) is 0 Å². The van der Waals surface area contributed by atoms with Crippen LogP contribution >= 0.6 is 0 Å². The molecule has 0 unspecified atom stereocenters. The Bertz CT molecular complexity index is 15.7. The van der Waals surface area contributed by atoms with Crippen LogP contribution in [0.15, 0.2) is 0 Å². The van der Waals surface area contributed by atoms with Gasteiger partial charge in [0.05, 0.1) is 10.8 Å². The normalized spacial score (nSPS) is 5.14. The van der Waals surface area contributed by atoms with E-state index in [0.717, 1.165) is 0 Å². The second kappa shape index (κ2) is 16.0. The fourth-order valence-corrected chi connectivity index (χ4v) is 0. The van der Waals surface area contributed by atoms with Crippen molar-refractivity contribution in [2.24, 2.45) is 0 Å². The Balaban J connectivity index is -0.0000000150. The zero-order valence-electron chi connectivity index (χ0n) is 3.39. The van der Waals surface area contributed by atoms with Crippen molar-refractivity contribution < 1.29 is 37.2 Å². The van der Waals surface area contributed by atoms with Gasteiger partial charge in [-0.25, -0.2) is 0 Å². The smallest absolute Gasteiger partial charge is 1.00 e. The van der Waals surface area contributed by atoms with E-state index < -0.39 is 10.8 Å². The maximum Gasteiger partial charge on any atom is 2.00 e. The van der Waals surface area contributed by atoms with Gasteiger partial charge in [-0.05, 0) is 0 Å². The Kier molecular flexibility index (Phi) is 51.4. The molecule has 7 heavy (non-hydrogen) atoms. The summed E-state index contributed by atoms with van der Waals surface area (Å²) in [6.07, 6.45) is 0. The minimum atomic E-state index is -2.85. The number of halogens is 2. The third kappa shape index (κ3) is 49.3. The Morgan fingerprint density at radius 2 is 0.857 bits per heavy atom. The summed E-state index contributed by atoms with van der Waals surface area (Å²) in [5.41, 5.74) is 0. The van der Waals surface area contributed by atoms with Gasteiger partial charge in [-0.2, -0.15) is 0 Å². The quantitative estimate of drug-likeness (QED) is 0.364. The second-order valence-corrected chi connectivity index (χ2v) is 0.567. The van der Waals surface area contributed by atoms with E-state index in [1.807, 2.05) is 0 Å². The van der Waals surface area contributed by atoms with Crippen molar-refractivity contribution in [3.8, 4) is 0 Å². The third-order valence-electron chi connectivity index (χ3n) is 0. The first-order valence-corrected chi connectivity index (χ1v) is 1.39. The zero-order chi connectivity index (χ0) is 3.58. The summed E-state index contributed by atoms with van der Waals surface area (Å²) in [5.74, 6) is 0. The molecule has 0 aromatic carbocycles. The number of hydrogen-bond acceptors (Lipinski definition) is 3. The van der Waals surface area contributed by atoms with Crippen LogP contribution in [0.5, 0.6) is 0 Å². The standard InChI is InChI=1S/2Ca.ClO3.ClH/c;;2-1(3)4;/h;;;1H/q2*+2;-1;/p-1. The van der Waals surface area contributed by atoms with Crippen LogP contribution in [0.2, 0.25) is 0 Å². The number of hydrogen-bond donors (Lipinski definition) is 0. The van der Waals surface area contributed by atoms with Gasteiger partial charge < -0.3 is 26.4 Å². The van der Waals surface area contributed by atoms with Crippen LogP contribution in [0.1, 0.15) is 0 Å². The Morgan fingerprint density at radius 1 is 0.857 bits per heavy atom. The summed E-state index contributed by atoms with van der Waals surface area (Å²) in [4.78, 5) is 0. The van der Waals surface area contributed by atoms with Crippen molar-refractivity contribution >= 4 is 75.5 Å². The van der Waals surface area contributed by atoms with Gasteiger partial charge in [0.1, 0.15) is 0 Å². The van der Waals surface area contributed by atoms with Gasteiger partial charge in [-0.15, -0.1) is 0 Å². The molecule has 0 aliphatic heterocycles. The van der Waals surface area contributed by atoms with Crippen LogP contribution < -0.4 is 26.4 Å². The molecule has 0 fully saturated rings. The van der Waals surface area contributed by atoms with Crippen LogP contribution in [0.3, 0.4) is 0 Å². The van der Waals surface area contributed by atoms with Crippen LogP contribution in [0, 0.1) is 10.8 Å². The molecule has 0 saturated carbocycles. The molecule has 7 heteroatoms. The number of rotatable bonds is 0. The maximum atomic E-state index is 8.41. The van der Waals surface area contributed by atoms with Gasteiger partial charge >= 0.3 is 75.5 Å². The summed E-state index contributed by atoms with van der Waals surface area (Å²) in [7, 11) is -2.85. The van der Waals surface area contributed by atoms with Gasteiger partial charge in [0, 0.05) is 0 Å². The molecule has 0 spiro atoms. The molecule has 0 heterocycles. The van der Waals surface area contributed by atoms with Crippen molar-refractivity contribution in [2.45, 2.75) is 0 Å². The summed E-state index contributed by atoms with van der Waals surface area (Å²) in [6, 6.07) is 0. The predicted octanol–water partition coefficient (Wildman–Crippen LogP) is -7.32. The summed E-state index contributed by atoms with van der Waals surface area (Å²) >= 11 is 0. The van der Waals surface area contributed by atoms with Crippen LogP contribution in [-0.4, -0.2) is 75.5 Å². The van der Waals surface area contributed by atoms with E-state index in [4.69, 9.17) is 14.0 Å². The van der Waals surface area contributed by atoms with Gasteiger partial charge in [-0.1, -0.05) is 0 Å². The SMILES string of the molecule is [Ca+2].[Ca+2].[Cl-].[O-][Cl+2]([O-])[O-]. The molecule has 0 rings (SSSR count). The molecule has 0 amide bonds. The first-order valence-electron chi connectivity index (χ1n) is 0.463. The van der Waals surface area contributed by atoms with E-state index in [-0.39, 0.29) is 87.9 Å². The van der Waals surface area contributed by atoms with Gasteiger partial charge in [-0.3, -0.25) is 0 Å². The topological polar surface area (TPSA) is 69.2 Å². The molecule has 34 valence electrons. The first kappa shape index (κ1) is 22.5. The minimum absolute atomic E-state index is 0. The van der Waals surface area contributed by atoms with Crippen molar-refractivity contribution in [3.63, 3.8) is 0 Å². The van der Waals surface area contributed by atoms with E-state index in [9.17, 15) is 0 Å². The van der Waals surface area contributed by atoms with E-state index in [1.165, 1.54) is 0 Å². The van der Waals surface area contributed by atoms with E-state index in [2.05, 4.69) is 0 Å². The Morgan fingerprint density at radius 3 is 0.857 bits per heavy atom. The average molecular weight is 199 g/mol. The second-order valence-electron chi connectivity index (χ2n) is 0.189. The van der Waals surface area contributed by atoms with Crippen LogP contribution in [0.25, 0.3) is 0 Å². The van der Waals surface area contributed by atoms with Crippen LogP contribution in [0.4, 0.5) is 0 Å². The summed E-state index contributed by atoms with van der Waals surface area (Å²) < 4.78 is 25.2. The molecule has 0 bridgehead atoms. The molecule has 0 N–H and O–H groups in total. The van der Waals surface area contributed by atoms with Crippen molar-refractivity contribution in [1.29, 1.82) is 0 Å². The monoisotopic (exact) mass is 198 g/mol. The molecule has 3 nitrogen and oxygen atoms in total. The third-order valence-corrected chi connectivity index (χ3v) is 0. The fourth-order valence-electron chi connectivity index (χ4n) is 0. The molecule has 0 aromatic heterocycles. The summed E-state index contributed by atoms with van der Waals surface area (Å²) in [6.45, 7) is 0. The zero-order valence-corrected chi connectivity index (χ0v) is 9.32. The summed E-state index contributed by atoms with van der Waals surface area (Å²) in [5, 5.41) is 0.